The van der Waals surface area contributed by atoms with Gasteiger partial charge < -0.3 is 39.4 Å². The fourth-order valence-electron chi connectivity index (χ4n) is 5.11. The average molecular weight is 857 g/mol. The van der Waals surface area contributed by atoms with Gasteiger partial charge in [0.1, 0.15) is 31.0 Å². The second-order valence-electron chi connectivity index (χ2n) is 12.7. The fourth-order valence-corrected chi connectivity index (χ4v) is 5.47. The second-order valence-corrected chi connectivity index (χ2v) is 13.6. The van der Waals surface area contributed by atoms with Crippen LogP contribution in [0.4, 0.5) is 0 Å². The van der Waals surface area contributed by atoms with Crippen LogP contribution in [0.2, 0.25) is 0 Å². The molecule has 11 heteroatoms. The van der Waals surface area contributed by atoms with E-state index in [1.54, 1.807) is 0 Å². The minimum absolute atomic E-state index is 0.0992. The van der Waals surface area contributed by atoms with Crippen molar-refractivity contribution in [1.82, 2.24) is 0 Å². The number of aliphatic hydroxyl groups excluding tert-OH is 4. The van der Waals surface area contributed by atoms with Gasteiger partial charge >= 0.3 is 11.9 Å². The molecule has 0 spiro atoms. The van der Waals surface area contributed by atoms with E-state index in [2.05, 4.69) is 102 Å². The van der Waals surface area contributed by atoms with Gasteiger partial charge in [-0.05, 0) is 64.2 Å². The van der Waals surface area contributed by atoms with Crippen molar-refractivity contribution in [2.75, 3.05) is 24.2 Å². The van der Waals surface area contributed by atoms with E-state index in [4.69, 9.17) is 18.9 Å². The number of rotatable bonds is 30. The monoisotopic (exact) mass is 856 g/mol. The van der Waals surface area contributed by atoms with Gasteiger partial charge in [0, 0.05) is 17.3 Å². The van der Waals surface area contributed by atoms with Gasteiger partial charge in [-0.1, -0.05) is 134 Å². The van der Waals surface area contributed by atoms with Crippen LogP contribution >= 0.6 is 22.6 Å². The number of allylic oxidation sites excluding steroid dienone is 14. The number of alkyl halides is 1. The topological polar surface area (TPSA) is 152 Å². The molecule has 0 aromatic carbocycles. The maximum Gasteiger partial charge on any atom is 0.306 e. The van der Waals surface area contributed by atoms with E-state index in [9.17, 15) is 30.0 Å². The molecular formula is C42H65IO10. The van der Waals surface area contributed by atoms with Gasteiger partial charge in [0.15, 0.2) is 12.4 Å². The zero-order chi connectivity index (χ0) is 38.8. The number of halogens is 1. The molecule has 0 saturated carbocycles. The van der Waals surface area contributed by atoms with Crippen LogP contribution in [0, 0.1) is 0 Å². The number of carbonyl (C=O) groups is 2. The lowest BCUT2D eigenvalue weighted by molar-refractivity contribution is -0.305. The molecule has 1 aliphatic heterocycles. The molecule has 4 N–H and O–H groups in total. The van der Waals surface area contributed by atoms with Gasteiger partial charge in [0.25, 0.3) is 0 Å². The zero-order valence-electron chi connectivity index (χ0n) is 31.6. The summed E-state index contributed by atoms with van der Waals surface area (Å²) >= 11 is 2.31. The molecule has 1 heterocycles. The summed E-state index contributed by atoms with van der Waals surface area (Å²) in [6, 6.07) is 0. The summed E-state index contributed by atoms with van der Waals surface area (Å²) in [5.74, 6) is -0.934. The molecule has 0 aromatic heterocycles. The van der Waals surface area contributed by atoms with E-state index in [1.807, 2.05) is 12.2 Å². The predicted molar refractivity (Wildman–Crippen MR) is 218 cm³/mol. The van der Waals surface area contributed by atoms with Crippen LogP contribution in [0.1, 0.15) is 103 Å². The van der Waals surface area contributed by atoms with Crippen LogP contribution < -0.4 is 0 Å². The van der Waals surface area contributed by atoms with Crippen LogP contribution in [0.3, 0.4) is 0 Å². The zero-order valence-corrected chi connectivity index (χ0v) is 33.8. The maximum absolute atomic E-state index is 12.7. The number of aliphatic hydroxyl groups is 4. The Hall–Kier alpha value is -2.39. The van der Waals surface area contributed by atoms with Crippen molar-refractivity contribution in [1.29, 1.82) is 0 Å². The maximum atomic E-state index is 12.7. The molecule has 300 valence electrons. The number of hydrogen-bond acceptors (Lipinski definition) is 10. The lowest BCUT2D eigenvalue weighted by Crippen LogP contribution is -2.59. The van der Waals surface area contributed by atoms with Crippen molar-refractivity contribution in [3.8, 4) is 0 Å². The number of ether oxygens (including phenoxy) is 4. The fraction of sp³-hybridized carbons (Fsp3) is 0.619. The first-order chi connectivity index (χ1) is 25.8. The number of carbonyl (C=O) groups excluding carboxylic acids is 2. The Morgan fingerprint density at radius 2 is 1.19 bits per heavy atom. The first-order valence-corrected chi connectivity index (χ1v) is 20.7. The molecule has 0 amide bonds. The first-order valence-electron chi connectivity index (χ1n) is 19.2. The van der Waals surface area contributed by atoms with Crippen molar-refractivity contribution in [2.45, 2.75) is 140 Å². The molecule has 1 aliphatic rings. The Morgan fingerprint density at radius 1 is 0.642 bits per heavy atom. The van der Waals surface area contributed by atoms with Gasteiger partial charge in [-0.25, -0.2) is 0 Å². The van der Waals surface area contributed by atoms with E-state index >= 15 is 0 Å². The highest BCUT2D eigenvalue weighted by Crippen LogP contribution is 2.22. The Bertz CT molecular complexity index is 1140. The van der Waals surface area contributed by atoms with Crippen molar-refractivity contribution < 1.29 is 49.0 Å². The van der Waals surface area contributed by atoms with Gasteiger partial charge in [-0.15, -0.1) is 0 Å². The van der Waals surface area contributed by atoms with Crippen LogP contribution in [0.25, 0.3) is 0 Å². The Balaban J connectivity index is 2.45. The van der Waals surface area contributed by atoms with E-state index < -0.39 is 55.4 Å². The average Bonchev–Trinajstić information content (AvgIpc) is 3.15. The summed E-state index contributed by atoms with van der Waals surface area (Å²) in [6.07, 6.45) is 33.6. The number of hydrogen-bond donors (Lipinski definition) is 4. The summed E-state index contributed by atoms with van der Waals surface area (Å²) < 4.78 is 23.0. The molecule has 6 unspecified atom stereocenters. The lowest BCUT2D eigenvalue weighted by atomic mass is 9.99. The van der Waals surface area contributed by atoms with E-state index in [-0.39, 0.29) is 26.1 Å². The largest absolute Gasteiger partial charge is 0.462 e. The summed E-state index contributed by atoms with van der Waals surface area (Å²) in [6.45, 7) is 0.949. The van der Waals surface area contributed by atoms with Crippen LogP contribution in [0.5, 0.6) is 0 Å². The molecule has 1 rings (SSSR count). The van der Waals surface area contributed by atoms with Crippen molar-refractivity contribution in [3.63, 3.8) is 0 Å². The van der Waals surface area contributed by atoms with Crippen molar-refractivity contribution in [3.05, 3.63) is 85.1 Å². The summed E-state index contributed by atoms with van der Waals surface area (Å²) in [4.78, 5) is 25.2. The van der Waals surface area contributed by atoms with E-state index in [0.717, 1.165) is 75.1 Å². The number of esters is 2. The lowest BCUT2D eigenvalue weighted by Gasteiger charge is -2.39. The third-order valence-corrected chi connectivity index (χ3v) is 8.65. The minimum Gasteiger partial charge on any atom is -0.462 e. The molecule has 0 bridgehead atoms. The molecule has 6 atom stereocenters. The smallest absolute Gasteiger partial charge is 0.306 e. The Labute approximate surface area is 331 Å². The summed E-state index contributed by atoms with van der Waals surface area (Å²) in [5.41, 5.74) is 0. The molecule has 0 radical (unpaired) electrons. The molecule has 1 fully saturated rings. The molecular weight excluding hydrogens is 791 g/mol. The minimum atomic E-state index is -1.61. The SMILES string of the molecule is CC/C=C\C/C=C\C/C=C\CCCCCCCC(=O)OCC(COC1OC(CO)C(O)C(O)C1O)OC(=O)CC/C=C\C/C=C\C/C=C\C/C=C\CI. The second kappa shape index (κ2) is 34.1. The van der Waals surface area contributed by atoms with Gasteiger partial charge in [-0.3, -0.25) is 9.59 Å². The highest BCUT2D eigenvalue weighted by molar-refractivity contribution is 14.1. The van der Waals surface area contributed by atoms with Crippen LogP contribution in [0.15, 0.2) is 85.1 Å². The van der Waals surface area contributed by atoms with Crippen molar-refractivity contribution in [2.24, 2.45) is 0 Å². The molecule has 0 aliphatic carbocycles. The van der Waals surface area contributed by atoms with Crippen molar-refractivity contribution >= 4 is 34.5 Å². The Kier molecular flexibility index (Phi) is 31.3. The predicted octanol–water partition coefficient (Wildman–Crippen LogP) is 7.46. The van der Waals surface area contributed by atoms with Gasteiger partial charge in [-0.2, -0.15) is 0 Å². The molecule has 53 heavy (non-hydrogen) atoms. The third-order valence-electron chi connectivity index (χ3n) is 8.14. The van der Waals surface area contributed by atoms with Gasteiger partial charge in [0.2, 0.25) is 0 Å². The molecule has 10 nitrogen and oxygen atoms in total. The normalized spacial score (nSPS) is 21.8. The quantitative estimate of drug-likeness (QED) is 0.0189. The van der Waals surface area contributed by atoms with Gasteiger partial charge in [0.05, 0.1) is 13.2 Å². The highest BCUT2D eigenvalue weighted by Gasteiger charge is 2.44. The first kappa shape index (κ1) is 48.6. The molecule has 1 saturated heterocycles. The van der Waals surface area contributed by atoms with E-state index in [1.165, 1.54) is 0 Å². The summed E-state index contributed by atoms with van der Waals surface area (Å²) in [5, 5.41) is 39.9. The van der Waals surface area contributed by atoms with Crippen LogP contribution in [-0.2, 0) is 28.5 Å². The number of unbranched alkanes of at least 4 members (excludes halogenated alkanes) is 5. The standard InChI is InChI=1S/C42H65IO10/c1-2-3-4-5-6-7-8-9-10-11-14-17-20-23-26-29-37(45)50-33-35(34-51-42-41(49)40(48)39(47)36(32-44)53-42)52-38(46)30-27-24-21-18-15-12-13-16-19-22-25-28-31-43/h3-4,6-7,9-10,12,15-16,19,21,24-25,28,35-36,39-42,44,47-49H,2,5,8,11,13-14,17-18,20,22-23,26-27,29-34H2,1H3/b4-3-,7-6-,10-9-,15-12-,19-16-,24-21-,28-25-. The summed E-state index contributed by atoms with van der Waals surface area (Å²) in [7, 11) is 0. The highest BCUT2D eigenvalue weighted by atomic mass is 127. The molecule has 0 aromatic rings. The third kappa shape index (κ3) is 26.1. The van der Waals surface area contributed by atoms with E-state index in [0.29, 0.717) is 12.8 Å². The van der Waals surface area contributed by atoms with Crippen LogP contribution in [-0.4, -0.2) is 93.4 Å². The Morgan fingerprint density at radius 3 is 1.79 bits per heavy atom.